The molecule has 4 nitrogen and oxygen atoms in total. The van der Waals surface area contributed by atoms with Gasteiger partial charge in [0.25, 0.3) is 5.92 Å². The van der Waals surface area contributed by atoms with E-state index in [9.17, 15) is 8.78 Å². The lowest BCUT2D eigenvalue weighted by Gasteiger charge is -2.22. The molecule has 3 heterocycles. The number of nitrogens with zero attached hydrogens (tertiary/aromatic N) is 4. The third-order valence-corrected chi connectivity index (χ3v) is 7.94. The van der Waals surface area contributed by atoms with Gasteiger partial charge in [-0.25, -0.2) is 8.78 Å². The molecule has 6 heteroatoms. The molecule has 1 aromatic carbocycles. The van der Waals surface area contributed by atoms with Crippen molar-refractivity contribution in [3.63, 3.8) is 0 Å². The maximum Gasteiger partial charge on any atom is 0.266 e. The van der Waals surface area contributed by atoms with Crippen molar-refractivity contribution in [2.24, 2.45) is 32.0 Å². The molecular formula is C32H38F2N4. The van der Waals surface area contributed by atoms with Crippen molar-refractivity contribution in [3.8, 4) is 0 Å². The van der Waals surface area contributed by atoms with Gasteiger partial charge >= 0.3 is 0 Å². The van der Waals surface area contributed by atoms with Crippen molar-refractivity contribution in [2.75, 3.05) is 6.54 Å². The second kappa shape index (κ2) is 11.8. The topological polar surface area (TPSA) is 49.4 Å². The van der Waals surface area contributed by atoms with E-state index in [2.05, 4.69) is 52.5 Å². The Morgan fingerprint density at radius 2 is 1.95 bits per heavy atom. The Morgan fingerprint density at radius 1 is 1.08 bits per heavy atom. The van der Waals surface area contributed by atoms with Crippen LogP contribution in [0.25, 0.3) is 5.57 Å². The third-order valence-electron chi connectivity index (χ3n) is 7.94. The van der Waals surface area contributed by atoms with Crippen LogP contribution < -0.4 is 0 Å². The predicted molar refractivity (Wildman–Crippen MR) is 155 cm³/mol. The number of alkyl halides is 2. The summed E-state index contributed by atoms with van der Waals surface area (Å²) in [6.45, 7) is 5.13. The van der Waals surface area contributed by atoms with Crippen LogP contribution in [0.2, 0.25) is 0 Å². The standard InChI is InChI=1S/C32H38F2N4/c1-22-12-13-27(21-35-20-22)25-7-4-8-26(19-25)29-10-5-9-28(31-18-23(2)37-38-31)30(36-29)11-3-6-24-14-16-32(33,34)17-15-24/h4,7-8,13-14,16,19,21-22,24H,3,5-6,9-12,15,17-18,20H2,1-2H3. The first kappa shape index (κ1) is 26.6. The molecule has 0 saturated carbocycles. The van der Waals surface area contributed by atoms with Gasteiger partial charge in [0.2, 0.25) is 0 Å². The number of halogens is 2. The van der Waals surface area contributed by atoms with Crippen molar-refractivity contribution in [2.45, 2.75) is 84.0 Å². The highest BCUT2D eigenvalue weighted by Crippen LogP contribution is 2.34. The minimum absolute atomic E-state index is 0.0474. The van der Waals surface area contributed by atoms with Crippen LogP contribution in [0.4, 0.5) is 8.78 Å². The smallest absolute Gasteiger partial charge is 0.266 e. The zero-order chi connectivity index (χ0) is 26.5. The van der Waals surface area contributed by atoms with Gasteiger partial charge in [0, 0.05) is 42.7 Å². The largest absolute Gasteiger partial charge is 0.292 e. The molecule has 4 aliphatic rings. The van der Waals surface area contributed by atoms with Gasteiger partial charge in [-0.05, 0) is 105 Å². The summed E-state index contributed by atoms with van der Waals surface area (Å²) >= 11 is 0. The van der Waals surface area contributed by atoms with E-state index in [1.54, 1.807) is 6.08 Å². The molecule has 0 N–H and O–H groups in total. The molecule has 2 atom stereocenters. The number of aliphatic imine (C=N–C) groups is 2. The minimum atomic E-state index is -2.64. The summed E-state index contributed by atoms with van der Waals surface area (Å²) in [5.41, 5.74) is 9.05. The lowest BCUT2D eigenvalue weighted by atomic mass is 9.89. The van der Waals surface area contributed by atoms with Gasteiger partial charge in [-0.1, -0.05) is 37.3 Å². The van der Waals surface area contributed by atoms with E-state index in [-0.39, 0.29) is 12.3 Å². The Balaban J connectivity index is 1.39. The zero-order valence-electron chi connectivity index (χ0n) is 22.6. The lowest BCUT2D eigenvalue weighted by Crippen LogP contribution is -2.19. The summed E-state index contributed by atoms with van der Waals surface area (Å²) in [7, 11) is 0. The molecule has 5 rings (SSSR count). The molecular weight excluding hydrogens is 478 g/mol. The van der Waals surface area contributed by atoms with Crippen molar-refractivity contribution < 1.29 is 8.78 Å². The molecule has 0 radical (unpaired) electrons. The average molecular weight is 517 g/mol. The molecule has 2 unspecified atom stereocenters. The minimum Gasteiger partial charge on any atom is -0.292 e. The van der Waals surface area contributed by atoms with Gasteiger partial charge in [-0.3, -0.25) is 9.98 Å². The van der Waals surface area contributed by atoms with E-state index >= 15 is 0 Å². The van der Waals surface area contributed by atoms with Crippen LogP contribution in [0.5, 0.6) is 0 Å². The summed E-state index contributed by atoms with van der Waals surface area (Å²) in [5.74, 6) is -1.86. The van der Waals surface area contributed by atoms with E-state index < -0.39 is 5.92 Å². The van der Waals surface area contributed by atoms with Crippen LogP contribution in [0.1, 0.15) is 89.2 Å². The predicted octanol–water partition coefficient (Wildman–Crippen LogP) is 8.40. The molecule has 1 aliphatic carbocycles. The van der Waals surface area contributed by atoms with Crippen LogP contribution >= 0.6 is 0 Å². The quantitative estimate of drug-likeness (QED) is 0.327. The number of allylic oxidation sites excluding steroid dienone is 6. The molecule has 0 amide bonds. The van der Waals surface area contributed by atoms with Gasteiger partial charge in [0.15, 0.2) is 0 Å². The summed E-state index contributed by atoms with van der Waals surface area (Å²) < 4.78 is 27.1. The maximum atomic E-state index is 13.5. The van der Waals surface area contributed by atoms with Gasteiger partial charge in [-0.15, -0.1) is 0 Å². The van der Waals surface area contributed by atoms with E-state index in [1.807, 2.05) is 13.1 Å². The normalized spacial score (nSPS) is 25.4. The van der Waals surface area contributed by atoms with Gasteiger partial charge < -0.3 is 0 Å². The first-order valence-corrected chi connectivity index (χ1v) is 14.1. The van der Waals surface area contributed by atoms with E-state index in [4.69, 9.17) is 4.99 Å². The first-order valence-electron chi connectivity index (χ1n) is 14.1. The Labute approximate surface area is 225 Å². The highest BCUT2D eigenvalue weighted by Gasteiger charge is 2.30. The SMILES string of the molecule is CC1=NN=C(C2=C(CCCC3C=CC(F)(F)CC3)N=C(c3cccc(C4=CCC(C)CN=C4)c3)CCC2)C1. The Hall–Kier alpha value is -3.02. The van der Waals surface area contributed by atoms with Crippen LogP contribution in [-0.2, 0) is 0 Å². The van der Waals surface area contributed by atoms with Crippen LogP contribution in [0, 0.1) is 11.8 Å². The number of benzene rings is 1. The van der Waals surface area contributed by atoms with Gasteiger partial charge in [0.1, 0.15) is 0 Å². The molecule has 1 aromatic rings. The van der Waals surface area contributed by atoms with E-state index in [0.717, 1.165) is 92.4 Å². The maximum absolute atomic E-state index is 13.5. The lowest BCUT2D eigenvalue weighted by molar-refractivity contribution is 0.0326. The van der Waals surface area contributed by atoms with Crippen molar-refractivity contribution >= 4 is 28.9 Å². The Morgan fingerprint density at radius 3 is 2.74 bits per heavy atom. The van der Waals surface area contributed by atoms with Crippen LogP contribution in [-0.4, -0.2) is 35.8 Å². The molecule has 38 heavy (non-hydrogen) atoms. The fraction of sp³-hybridized carbons (Fsp3) is 0.500. The molecule has 3 aliphatic heterocycles. The monoisotopic (exact) mass is 516 g/mol. The molecule has 0 saturated heterocycles. The van der Waals surface area contributed by atoms with Crippen molar-refractivity contribution in [1.29, 1.82) is 0 Å². The molecule has 0 fully saturated rings. The van der Waals surface area contributed by atoms with Crippen molar-refractivity contribution in [3.05, 3.63) is 64.9 Å². The van der Waals surface area contributed by atoms with E-state index in [1.165, 1.54) is 16.7 Å². The highest BCUT2D eigenvalue weighted by molar-refractivity contribution is 6.15. The third kappa shape index (κ3) is 6.69. The van der Waals surface area contributed by atoms with Gasteiger partial charge in [-0.2, -0.15) is 10.2 Å². The number of hydrogen-bond donors (Lipinski definition) is 0. The summed E-state index contributed by atoms with van der Waals surface area (Å²) in [6.07, 6.45) is 15.0. The summed E-state index contributed by atoms with van der Waals surface area (Å²) in [6, 6.07) is 8.69. The first-order chi connectivity index (χ1) is 18.4. The van der Waals surface area contributed by atoms with E-state index in [0.29, 0.717) is 12.3 Å². The molecule has 200 valence electrons. The van der Waals surface area contributed by atoms with Crippen LogP contribution in [0.15, 0.2) is 74.0 Å². The molecule has 0 aromatic heterocycles. The average Bonchev–Trinajstić information content (AvgIpc) is 3.08. The van der Waals surface area contributed by atoms with Crippen molar-refractivity contribution in [1.82, 2.24) is 0 Å². The second-order valence-electron chi connectivity index (χ2n) is 11.3. The Bertz CT molecular complexity index is 1260. The second-order valence-corrected chi connectivity index (χ2v) is 11.3. The highest BCUT2D eigenvalue weighted by atomic mass is 19.3. The van der Waals surface area contributed by atoms with Gasteiger partial charge in [0.05, 0.1) is 5.71 Å². The number of rotatable bonds is 7. The molecule has 0 spiro atoms. The molecule has 0 bridgehead atoms. The fourth-order valence-electron chi connectivity index (χ4n) is 5.68. The summed E-state index contributed by atoms with van der Waals surface area (Å²) in [5, 5.41) is 8.80. The number of hydrogen-bond acceptors (Lipinski definition) is 4. The summed E-state index contributed by atoms with van der Waals surface area (Å²) in [4.78, 5) is 9.91. The zero-order valence-corrected chi connectivity index (χ0v) is 22.6. The van der Waals surface area contributed by atoms with Crippen LogP contribution in [0.3, 0.4) is 0 Å². The Kier molecular flexibility index (Phi) is 8.25. The fourth-order valence-corrected chi connectivity index (χ4v) is 5.68.